The molecule has 0 radical (unpaired) electrons. The molecule has 2 aromatic rings. The van der Waals surface area contributed by atoms with Gasteiger partial charge in [-0.15, -0.1) is 0 Å². The zero-order valence-electron chi connectivity index (χ0n) is 12.2. The van der Waals surface area contributed by atoms with E-state index >= 15 is 0 Å². The molecule has 0 saturated heterocycles. The van der Waals surface area contributed by atoms with Crippen LogP contribution in [-0.4, -0.2) is 26.9 Å². The van der Waals surface area contributed by atoms with E-state index < -0.39 is 10.2 Å². The van der Waals surface area contributed by atoms with Gasteiger partial charge in [-0.05, 0) is 19.1 Å². The van der Waals surface area contributed by atoms with Crippen molar-refractivity contribution in [1.82, 2.24) is 18.5 Å². The smallest absolute Gasteiger partial charge is 0.293 e. The van der Waals surface area contributed by atoms with E-state index in [-0.39, 0.29) is 5.95 Å². The van der Waals surface area contributed by atoms with Crippen LogP contribution < -0.4 is 5.14 Å². The second-order valence-electron chi connectivity index (χ2n) is 5.30. The summed E-state index contributed by atoms with van der Waals surface area (Å²) in [4.78, 5) is 8.81. The van der Waals surface area contributed by atoms with Gasteiger partial charge in [-0.2, -0.15) is 12.4 Å². The molecule has 1 aromatic carbocycles. The molecule has 8 heteroatoms. The van der Waals surface area contributed by atoms with Crippen molar-refractivity contribution in [3.05, 3.63) is 54.6 Å². The Labute approximate surface area is 132 Å². The second kappa shape index (κ2) is 4.64. The van der Waals surface area contributed by atoms with E-state index in [4.69, 9.17) is 5.14 Å². The van der Waals surface area contributed by atoms with Crippen molar-refractivity contribution in [2.24, 2.45) is 5.14 Å². The third-order valence-electron chi connectivity index (χ3n) is 3.65. The van der Waals surface area contributed by atoms with E-state index in [0.717, 1.165) is 26.1 Å². The van der Waals surface area contributed by atoms with Gasteiger partial charge in [0.1, 0.15) is 0 Å². The first-order valence-electron chi connectivity index (χ1n) is 6.89. The SMILES string of the molecule is Cc1cn(S(N)(=O)=O)c(-n2ccc3nc4ccccc4c-3c2)n1. The molecular weight excluding hydrogens is 314 g/mol. The Kier molecular flexibility index (Phi) is 2.81. The summed E-state index contributed by atoms with van der Waals surface area (Å²) in [5.41, 5.74) is 3.22. The Morgan fingerprint density at radius 1 is 1.09 bits per heavy atom. The fourth-order valence-electron chi connectivity index (χ4n) is 2.67. The quantitative estimate of drug-likeness (QED) is 0.606. The van der Waals surface area contributed by atoms with Gasteiger partial charge in [-0.25, -0.2) is 15.1 Å². The lowest BCUT2D eigenvalue weighted by molar-refractivity contribution is 0.587. The number of pyridine rings is 1. The molecule has 3 heterocycles. The van der Waals surface area contributed by atoms with Crippen LogP contribution in [0.3, 0.4) is 0 Å². The third-order valence-corrected chi connectivity index (χ3v) is 4.47. The Hall–Kier alpha value is -2.71. The van der Waals surface area contributed by atoms with Crippen LogP contribution in [0.25, 0.3) is 28.1 Å². The highest BCUT2D eigenvalue weighted by atomic mass is 32.2. The molecule has 23 heavy (non-hydrogen) atoms. The standard InChI is InChI=1S/C15H13N5O2S/c1-10-8-20(23(16,21)22)15(17-10)19-7-6-14-12(9-19)11-4-2-3-5-13(11)18-14/h2-9H,1H3,(H2,16,21,22). The second-order valence-corrected chi connectivity index (χ2v) is 6.73. The molecule has 0 atom stereocenters. The van der Waals surface area contributed by atoms with E-state index in [1.807, 2.05) is 36.5 Å². The van der Waals surface area contributed by atoms with Crippen LogP contribution in [0.2, 0.25) is 0 Å². The Balaban J connectivity index is 2.01. The number of nitrogens with two attached hydrogens (primary N) is 1. The van der Waals surface area contributed by atoms with Crippen LogP contribution in [0.1, 0.15) is 5.69 Å². The minimum absolute atomic E-state index is 0.220. The Morgan fingerprint density at radius 2 is 1.87 bits per heavy atom. The predicted molar refractivity (Wildman–Crippen MR) is 86.7 cm³/mol. The number of fused-ring (bicyclic) bond motifs is 3. The topological polar surface area (TPSA) is 95.8 Å². The zero-order chi connectivity index (χ0) is 16.2. The van der Waals surface area contributed by atoms with Crippen LogP contribution >= 0.6 is 0 Å². The van der Waals surface area contributed by atoms with Gasteiger partial charge < -0.3 is 0 Å². The van der Waals surface area contributed by atoms with Gasteiger partial charge in [-0.1, -0.05) is 18.2 Å². The minimum Gasteiger partial charge on any atom is -0.293 e. The fourth-order valence-corrected chi connectivity index (χ4v) is 3.33. The number of aromatic nitrogens is 4. The van der Waals surface area contributed by atoms with Gasteiger partial charge in [0, 0.05) is 29.5 Å². The molecule has 2 aliphatic heterocycles. The van der Waals surface area contributed by atoms with E-state index in [2.05, 4.69) is 9.97 Å². The first kappa shape index (κ1) is 13.9. The van der Waals surface area contributed by atoms with Crippen molar-refractivity contribution in [1.29, 1.82) is 0 Å². The van der Waals surface area contributed by atoms with Gasteiger partial charge in [0.15, 0.2) is 0 Å². The number of imidazole rings is 1. The van der Waals surface area contributed by atoms with Crippen molar-refractivity contribution < 1.29 is 8.42 Å². The monoisotopic (exact) mass is 327 g/mol. The molecule has 2 N–H and O–H groups in total. The van der Waals surface area contributed by atoms with Crippen LogP contribution in [-0.2, 0) is 10.2 Å². The van der Waals surface area contributed by atoms with Crippen molar-refractivity contribution in [3.63, 3.8) is 0 Å². The molecule has 116 valence electrons. The molecule has 2 aliphatic rings. The number of rotatable bonds is 2. The summed E-state index contributed by atoms with van der Waals surface area (Å²) in [7, 11) is -3.93. The van der Waals surface area contributed by atoms with Crippen LogP contribution in [0.15, 0.2) is 48.9 Å². The van der Waals surface area contributed by atoms with Gasteiger partial charge in [0.25, 0.3) is 0 Å². The Morgan fingerprint density at radius 3 is 2.65 bits per heavy atom. The van der Waals surface area contributed by atoms with Gasteiger partial charge in [-0.3, -0.25) is 4.57 Å². The summed E-state index contributed by atoms with van der Waals surface area (Å²) in [6.07, 6.45) is 4.93. The predicted octanol–water partition coefficient (Wildman–Crippen LogP) is 1.69. The lowest BCUT2D eigenvalue weighted by Crippen LogP contribution is -2.23. The average molecular weight is 327 g/mol. The summed E-state index contributed by atoms with van der Waals surface area (Å²) in [5.74, 6) is 0.220. The van der Waals surface area contributed by atoms with Crippen LogP contribution in [0.4, 0.5) is 0 Å². The average Bonchev–Trinajstić information content (AvgIpc) is 3.06. The van der Waals surface area contributed by atoms with Gasteiger partial charge >= 0.3 is 10.2 Å². The van der Waals surface area contributed by atoms with E-state index in [0.29, 0.717) is 5.69 Å². The van der Waals surface area contributed by atoms with Crippen LogP contribution in [0, 0.1) is 6.92 Å². The maximum absolute atomic E-state index is 11.7. The fraction of sp³-hybridized carbons (Fsp3) is 0.0667. The van der Waals surface area contributed by atoms with E-state index in [1.54, 1.807) is 17.7 Å². The Bertz CT molecular complexity index is 1110. The molecule has 1 aromatic heterocycles. The summed E-state index contributed by atoms with van der Waals surface area (Å²) in [5, 5.41) is 6.26. The number of nitrogens with zero attached hydrogens (tertiary/aromatic N) is 4. The molecule has 0 aliphatic carbocycles. The number of hydrogen-bond acceptors (Lipinski definition) is 4. The first-order chi connectivity index (χ1) is 10.9. The van der Waals surface area contributed by atoms with Crippen molar-refractivity contribution in [2.45, 2.75) is 6.92 Å². The molecule has 0 amide bonds. The first-order valence-corrected chi connectivity index (χ1v) is 8.40. The maximum Gasteiger partial charge on any atom is 0.305 e. The molecule has 7 nitrogen and oxygen atoms in total. The molecule has 0 unspecified atom stereocenters. The van der Waals surface area contributed by atoms with Gasteiger partial charge in [0.2, 0.25) is 5.95 Å². The lowest BCUT2D eigenvalue weighted by Gasteiger charge is -2.09. The maximum atomic E-state index is 11.7. The van der Waals surface area contributed by atoms with Crippen LogP contribution in [0.5, 0.6) is 0 Å². The van der Waals surface area contributed by atoms with Crippen molar-refractivity contribution >= 4 is 21.1 Å². The summed E-state index contributed by atoms with van der Waals surface area (Å²) < 4.78 is 26.1. The number of para-hydroxylation sites is 1. The number of hydrogen-bond donors (Lipinski definition) is 1. The highest BCUT2D eigenvalue weighted by Crippen LogP contribution is 2.31. The third kappa shape index (κ3) is 2.19. The molecular formula is C15H13N5O2S. The highest BCUT2D eigenvalue weighted by Gasteiger charge is 2.18. The van der Waals surface area contributed by atoms with Crippen molar-refractivity contribution in [3.8, 4) is 17.2 Å². The summed E-state index contributed by atoms with van der Waals surface area (Å²) >= 11 is 0. The molecule has 0 spiro atoms. The summed E-state index contributed by atoms with van der Waals surface area (Å²) in [6, 6.07) is 9.61. The molecule has 4 rings (SSSR count). The highest BCUT2D eigenvalue weighted by molar-refractivity contribution is 7.87. The van der Waals surface area contributed by atoms with E-state index in [1.165, 1.54) is 6.20 Å². The minimum atomic E-state index is -3.93. The molecule has 0 saturated carbocycles. The molecule has 0 fully saturated rings. The van der Waals surface area contributed by atoms with Crippen molar-refractivity contribution in [2.75, 3.05) is 0 Å². The number of benzene rings is 1. The zero-order valence-corrected chi connectivity index (χ0v) is 13.0. The number of aryl methyl sites for hydroxylation is 1. The molecule has 0 bridgehead atoms. The normalized spacial score (nSPS) is 12.3. The summed E-state index contributed by atoms with van der Waals surface area (Å²) in [6.45, 7) is 1.71. The van der Waals surface area contributed by atoms with Gasteiger partial charge in [0.05, 0.1) is 16.9 Å². The lowest BCUT2D eigenvalue weighted by atomic mass is 10.1. The largest absolute Gasteiger partial charge is 0.305 e. The van der Waals surface area contributed by atoms with E-state index in [9.17, 15) is 8.42 Å².